The van der Waals surface area contributed by atoms with E-state index in [9.17, 15) is 22.0 Å². The molecular formula is C18H17ClF2N2O3S. The first-order valence-electron chi connectivity index (χ1n) is 8.35. The zero-order valence-electron chi connectivity index (χ0n) is 14.2. The number of carbonyl (C=O) groups is 1. The summed E-state index contributed by atoms with van der Waals surface area (Å²) in [6.45, 7) is 0.646. The Balaban J connectivity index is 1.89. The molecule has 0 spiro atoms. The third-order valence-corrected chi connectivity index (χ3v) is 6.53. The first-order valence-corrected chi connectivity index (χ1v) is 10.2. The molecule has 5 nitrogen and oxygen atoms in total. The number of halogens is 3. The SMILES string of the molecule is O=C(Nc1ccc(F)cc1Cl)c1ccc(F)c(S(=O)(=O)N2CCCCC2)c1. The van der Waals surface area contributed by atoms with E-state index < -0.39 is 32.5 Å². The molecular weight excluding hydrogens is 398 g/mol. The lowest BCUT2D eigenvalue weighted by molar-refractivity contribution is 0.102. The summed E-state index contributed by atoms with van der Waals surface area (Å²) in [6.07, 6.45) is 2.35. The normalized spacial score (nSPS) is 15.5. The van der Waals surface area contributed by atoms with Gasteiger partial charge in [0.05, 0.1) is 10.7 Å². The summed E-state index contributed by atoms with van der Waals surface area (Å²) in [7, 11) is -4.03. The van der Waals surface area contributed by atoms with Crippen LogP contribution in [0.2, 0.25) is 5.02 Å². The standard InChI is InChI=1S/C18H17ClF2N2O3S/c19-14-11-13(20)5-7-16(14)22-18(24)12-4-6-15(21)17(10-12)27(25,26)23-8-2-1-3-9-23/h4-7,10-11H,1-3,8-9H2,(H,22,24). The summed E-state index contributed by atoms with van der Waals surface area (Å²) in [4.78, 5) is 11.9. The maximum atomic E-state index is 14.2. The Morgan fingerprint density at radius 3 is 2.41 bits per heavy atom. The van der Waals surface area contributed by atoms with Gasteiger partial charge in [0.2, 0.25) is 10.0 Å². The molecule has 1 aliphatic rings. The maximum absolute atomic E-state index is 14.2. The van der Waals surface area contributed by atoms with Crippen molar-refractivity contribution in [2.75, 3.05) is 18.4 Å². The predicted molar refractivity (Wildman–Crippen MR) is 98.4 cm³/mol. The van der Waals surface area contributed by atoms with Crippen LogP contribution < -0.4 is 5.32 Å². The highest BCUT2D eigenvalue weighted by atomic mass is 35.5. The van der Waals surface area contributed by atoms with Gasteiger partial charge >= 0.3 is 0 Å². The molecule has 1 fully saturated rings. The number of piperidine rings is 1. The Morgan fingerprint density at radius 1 is 1.04 bits per heavy atom. The monoisotopic (exact) mass is 414 g/mol. The number of nitrogens with one attached hydrogen (secondary N) is 1. The van der Waals surface area contributed by atoms with Gasteiger partial charge in [-0.3, -0.25) is 4.79 Å². The fourth-order valence-electron chi connectivity index (χ4n) is 2.87. The van der Waals surface area contributed by atoms with Crippen molar-refractivity contribution in [1.82, 2.24) is 4.31 Å². The quantitative estimate of drug-likeness (QED) is 0.820. The summed E-state index contributed by atoms with van der Waals surface area (Å²) in [6, 6.07) is 6.57. The molecule has 0 unspecified atom stereocenters. The zero-order chi connectivity index (χ0) is 19.6. The van der Waals surface area contributed by atoms with Gasteiger partial charge in [-0.15, -0.1) is 0 Å². The molecule has 0 atom stereocenters. The van der Waals surface area contributed by atoms with Crippen molar-refractivity contribution in [1.29, 1.82) is 0 Å². The fraction of sp³-hybridized carbons (Fsp3) is 0.278. The Bertz CT molecular complexity index is 977. The van der Waals surface area contributed by atoms with E-state index in [0.717, 1.165) is 30.7 Å². The molecule has 1 saturated heterocycles. The first kappa shape index (κ1) is 19.7. The maximum Gasteiger partial charge on any atom is 0.255 e. The van der Waals surface area contributed by atoms with Crippen LogP contribution in [-0.2, 0) is 10.0 Å². The molecule has 0 aromatic heterocycles. The van der Waals surface area contributed by atoms with E-state index in [4.69, 9.17) is 11.6 Å². The van der Waals surface area contributed by atoms with E-state index in [0.29, 0.717) is 25.9 Å². The molecule has 0 radical (unpaired) electrons. The van der Waals surface area contributed by atoms with E-state index in [1.807, 2.05) is 0 Å². The van der Waals surface area contributed by atoms with Gasteiger partial charge in [0.25, 0.3) is 5.91 Å². The summed E-state index contributed by atoms with van der Waals surface area (Å²) >= 11 is 5.87. The van der Waals surface area contributed by atoms with Gasteiger partial charge in [-0.1, -0.05) is 18.0 Å². The molecule has 1 amide bonds. The molecule has 2 aromatic carbocycles. The Kier molecular flexibility index (Phi) is 5.78. The van der Waals surface area contributed by atoms with Crippen molar-refractivity contribution in [2.24, 2.45) is 0 Å². The summed E-state index contributed by atoms with van der Waals surface area (Å²) in [5.74, 6) is -2.16. The Morgan fingerprint density at radius 2 is 1.74 bits per heavy atom. The van der Waals surface area contributed by atoms with Crippen molar-refractivity contribution >= 4 is 33.2 Å². The average Bonchev–Trinajstić information content (AvgIpc) is 2.65. The van der Waals surface area contributed by atoms with Crippen molar-refractivity contribution in [3.63, 3.8) is 0 Å². The molecule has 1 aliphatic heterocycles. The summed E-state index contributed by atoms with van der Waals surface area (Å²) < 4.78 is 54.0. The van der Waals surface area contributed by atoms with E-state index in [2.05, 4.69) is 5.32 Å². The van der Waals surface area contributed by atoms with Crippen molar-refractivity contribution < 1.29 is 22.0 Å². The predicted octanol–water partition coefficient (Wildman–Crippen LogP) is 4.05. The van der Waals surface area contributed by atoms with Gasteiger partial charge in [-0.05, 0) is 49.2 Å². The number of carbonyl (C=O) groups excluding carboxylic acids is 1. The lowest BCUT2D eigenvalue weighted by atomic mass is 10.2. The third-order valence-electron chi connectivity index (χ3n) is 4.31. The van der Waals surface area contributed by atoms with E-state index >= 15 is 0 Å². The van der Waals surface area contributed by atoms with Crippen LogP contribution in [0.5, 0.6) is 0 Å². The fourth-order valence-corrected chi connectivity index (χ4v) is 4.69. The molecule has 3 rings (SSSR count). The van der Waals surface area contributed by atoms with Gasteiger partial charge in [0.1, 0.15) is 16.5 Å². The number of anilines is 1. The highest BCUT2D eigenvalue weighted by Gasteiger charge is 2.29. The van der Waals surface area contributed by atoms with Gasteiger partial charge in [-0.2, -0.15) is 4.31 Å². The third kappa shape index (κ3) is 4.28. The number of hydrogen-bond acceptors (Lipinski definition) is 3. The lowest BCUT2D eigenvalue weighted by Crippen LogP contribution is -2.36. The van der Waals surface area contributed by atoms with Crippen LogP contribution in [0.3, 0.4) is 0 Å². The van der Waals surface area contributed by atoms with Gasteiger partial charge in [0, 0.05) is 18.7 Å². The first-order chi connectivity index (χ1) is 12.8. The highest BCUT2D eigenvalue weighted by Crippen LogP contribution is 2.26. The van der Waals surface area contributed by atoms with E-state index in [-0.39, 0.29) is 16.3 Å². The number of benzene rings is 2. The van der Waals surface area contributed by atoms with Gasteiger partial charge < -0.3 is 5.32 Å². The Hall–Kier alpha value is -2.03. The second-order valence-electron chi connectivity index (χ2n) is 6.19. The van der Waals surface area contributed by atoms with Gasteiger partial charge in [-0.25, -0.2) is 17.2 Å². The minimum atomic E-state index is -4.03. The number of nitrogens with zero attached hydrogens (tertiary/aromatic N) is 1. The van der Waals surface area contributed by atoms with Crippen LogP contribution in [0, 0.1) is 11.6 Å². The molecule has 0 bridgehead atoms. The van der Waals surface area contributed by atoms with Crippen LogP contribution in [0.25, 0.3) is 0 Å². The minimum Gasteiger partial charge on any atom is -0.321 e. The highest BCUT2D eigenvalue weighted by molar-refractivity contribution is 7.89. The number of hydrogen-bond donors (Lipinski definition) is 1. The van der Waals surface area contributed by atoms with E-state index in [1.165, 1.54) is 16.4 Å². The molecule has 0 saturated carbocycles. The van der Waals surface area contributed by atoms with Crippen molar-refractivity contribution in [3.8, 4) is 0 Å². The molecule has 2 aromatic rings. The zero-order valence-corrected chi connectivity index (χ0v) is 15.8. The van der Waals surface area contributed by atoms with Crippen LogP contribution >= 0.6 is 11.6 Å². The second-order valence-corrected chi connectivity index (χ2v) is 8.50. The average molecular weight is 415 g/mol. The Labute approximate surface area is 161 Å². The minimum absolute atomic E-state index is 0.00776. The largest absolute Gasteiger partial charge is 0.321 e. The van der Waals surface area contributed by atoms with Crippen molar-refractivity contribution in [2.45, 2.75) is 24.2 Å². The molecule has 1 heterocycles. The molecule has 1 N–H and O–H groups in total. The number of sulfonamides is 1. The molecule has 144 valence electrons. The molecule has 0 aliphatic carbocycles. The second kappa shape index (κ2) is 7.92. The lowest BCUT2D eigenvalue weighted by Gasteiger charge is -2.26. The smallest absolute Gasteiger partial charge is 0.255 e. The number of amides is 1. The van der Waals surface area contributed by atoms with Crippen LogP contribution in [0.1, 0.15) is 29.6 Å². The summed E-state index contributed by atoms with van der Waals surface area (Å²) in [5, 5.41) is 2.46. The van der Waals surface area contributed by atoms with Gasteiger partial charge in [0.15, 0.2) is 0 Å². The van der Waals surface area contributed by atoms with Crippen LogP contribution in [-0.4, -0.2) is 31.7 Å². The van der Waals surface area contributed by atoms with Crippen LogP contribution in [0.4, 0.5) is 14.5 Å². The van der Waals surface area contributed by atoms with Crippen LogP contribution in [0.15, 0.2) is 41.3 Å². The molecule has 9 heteroatoms. The van der Waals surface area contributed by atoms with E-state index in [1.54, 1.807) is 0 Å². The summed E-state index contributed by atoms with van der Waals surface area (Å²) in [5.41, 5.74) is 0.111. The number of rotatable bonds is 4. The topological polar surface area (TPSA) is 66.5 Å². The molecule has 27 heavy (non-hydrogen) atoms. The van der Waals surface area contributed by atoms with Crippen molar-refractivity contribution in [3.05, 3.63) is 58.6 Å².